The normalized spacial score (nSPS) is 12.6. The standard InChI is InChI=1S/C4H6O4S/c5-3(6)1-2(9)4(7)8/h2,9H,1H2,(H,5,6)(H,7,8)/p-1. The Morgan fingerprint density at radius 3 is 2.00 bits per heavy atom. The van der Waals surface area contributed by atoms with Crippen LogP contribution in [0.15, 0.2) is 0 Å². The van der Waals surface area contributed by atoms with Crippen molar-refractivity contribution in [1.29, 1.82) is 0 Å². The molecule has 0 aliphatic heterocycles. The van der Waals surface area contributed by atoms with E-state index in [1.807, 2.05) is 0 Å². The van der Waals surface area contributed by atoms with Gasteiger partial charge in [0.1, 0.15) is 0 Å². The van der Waals surface area contributed by atoms with Crippen LogP contribution in [-0.4, -0.2) is 27.4 Å². The molecular weight excluding hydrogens is 144 g/mol. The van der Waals surface area contributed by atoms with Crippen LogP contribution in [0.4, 0.5) is 0 Å². The van der Waals surface area contributed by atoms with Crippen LogP contribution < -0.4 is 0 Å². The Hall–Kier alpha value is -0.710. The van der Waals surface area contributed by atoms with E-state index in [0.29, 0.717) is 0 Å². The van der Waals surface area contributed by atoms with Crippen molar-refractivity contribution in [1.82, 2.24) is 0 Å². The molecule has 0 radical (unpaired) electrons. The summed E-state index contributed by atoms with van der Waals surface area (Å²) in [6, 6.07) is 0. The van der Waals surface area contributed by atoms with Crippen molar-refractivity contribution in [3.8, 4) is 0 Å². The maximum atomic E-state index is 9.87. The zero-order valence-corrected chi connectivity index (χ0v) is 5.22. The highest BCUT2D eigenvalue weighted by Gasteiger charge is 2.05. The van der Waals surface area contributed by atoms with Crippen LogP contribution in [0.3, 0.4) is 0 Å². The lowest BCUT2D eigenvalue weighted by atomic mass is 10.3. The predicted molar refractivity (Wildman–Crippen MR) is 31.0 cm³/mol. The largest absolute Gasteiger partial charge is 0.778 e. The van der Waals surface area contributed by atoms with E-state index in [-0.39, 0.29) is 0 Å². The Bertz CT molecular complexity index is 133. The van der Waals surface area contributed by atoms with Gasteiger partial charge in [-0.2, -0.15) is 0 Å². The summed E-state index contributed by atoms with van der Waals surface area (Å²) in [4.78, 5) is 19.7. The lowest BCUT2D eigenvalue weighted by Gasteiger charge is -2.12. The molecule has 0 rings (SSSR count). The second-order valence-corrected chi connectivity index (χ2v) is 1.99. The number of carboxylic acid groups (broad SMARTS) is 2. The second kappa shape index (κ2) is 3.34. The number of aliphatic carboxylic acids is 2. The highest BCUT2D eigenvalue weighted by molar-refractivity contribution is 7.60. The molecule has 0 aromatic carbocycles. The van der Waals surface area contributed by atoms with Crippen molar-refractivity contribution >= 4 is 24.6 Å². The van der Waals surface area contributed by atoms with Crippen LogP contribution in [-0.2, 0) is 22.2 Å². The fraction of sp³-hybridized carbons (Fsp3) is 0.500. The van der Waals surface area contributed by atoms with Gasteiger partial charge < -0.3 is 22.8 Å². The molecule has 0 spiro atoms. The molecule has 0 fully saturated rings. The van der Waals surface area contributed by atoms with Crippen molar-refractivity contribution in [2.75, 3.05) is 0 Å². The third-order valence-electron chi connectivity index (χ3n) is 0.635. The first-order valence-corrected chi connectivity index (χ1v) is 2.61. The first-order chi connectivity index (χ1) is 4.04. The maximum Gasteiger partial charge on any atom is 0.302 e. The number of hydrogen-bond acceptors (Lipinski definition) is 3. The van der Waals surface area contributed by atoms with E-state index in [4.69, 9.17) is 10.2 Å². The molecule has 1 unspecified atom stereocenters. The van der Waals surface area contributed by atoms with Gasteiger partial charge in [0.25, 0.3) is 5.97 Å². The minimum atomic E-state index is -1.26. The van der Waals surface area contributed by atoms with Gasteiger partial charge >= 0.3 is 5.97 Å². The fourth-order valence-corrected chi connectivity index (χ4v) is 0.388. The monoisotopic (exact) mass is 149 g/mol. The van der Waals surface area contributed by atoms with Gasteiger partial charge in [0.2, 0.25) is 0 Å². The molecule has 2 N–H and O–H groups in total. The lowest BCUT2D eigenvalue weighted by Crippen LogP contribution is -2.20. The number of hydrogen-bond donors (Lipinski definition) is 2. The van der Waals surface area contributed by atoms with Crippen LogP contribution in [0, 0.1) is 0 Å². The first kappa shape index (κ1) is 8.29. The summed E-state index contributed by atoms with van der Waals surface area (Å²) in [5, 5.41) is 14.9. The molecule has 0 amide bonds. The topological polar surface area (TPSA) is 74.6 Å². The summed E-state index contributed by atoms with van der Waals surface area (Å²) in [7, 11) is 0. The second-order valence-electron chi connectivity index (χ2n) is 1.42. The average molecular weight is 149 g/mol. The Labute approximate surface area is 56.9 Å². The molecule has 0 aliphatic carbocycles. The number of carbonyl (C=O) groups is 2. The third kappa shape index (κ3) is 3.84. The van der Waals surface area contributed by atoms with Crippen LogP contribution in [0.2, 0.25) is 0 Å². The van der Waals surface area contributed by atoms with E-state index in [1.54, 1.807) is 0 Å². The van der Waals surface area contributed by atoms with E-state index in [9.17, 15) is 9.59 Å². The Balaban J connectivity index is 3.63. The van der Waals surface area contributed by atoms with E-state index < -0.39 is 23.6 Å². The molecule has 9 heavy (non-hydrogen) atoms. The molecule has 0 heterocycles. The predicted octanol–water partition coefficient (Wildman–Crippen LogP) is -0.539. The fourth-order valence-electron chi connectivity index (χ4n) is 0.246. The van der Waals surface area contributed by atoms with Crippen molar-refractivity contribution in [3.05, 3.63) is 0 Å². The summed E-state index contributed by atoms with van der Waals surface area (Å²) in [6.45, 7) is 0. The number of carboxylic acids is 2. The highest BCUT2D eigenvalue weighted by atomic mass is 32.1. The van der Waals surface area contributed by atoms with E-state index in [1.165, 1.54) is 0 Å². The van der Waals surface area contributed by atoms with Crippen LogP contribution in [0.5, 0.6) is 0 Å². The summed E-state index contributed by atoms with van der Waals surface area (Å²) < 4.78 is 0. The van der Waals surface area contributed by atoms with Gasteiger partial charge in [0, 0.05) is 6.42 Å². The summed E-state index contributed by atoms with van der Waals surface area (Å²) in [6.07, 6.45) is -0.495. The summed E-state index contributed by atoms with van der Waals surface area (Å²) >= 11 is 4.26. The first-order valence-electron chi connectivity index (χ1n) is 2.14. The minimum absolute atomic E-state index is 0.495. The summed E-state index contributed by atoms with van der Waals surface area (Å²) in [5.41, 5.74) is 0. The van der Waals surface area contributed by atoms with Gasteiger partial charge in [-0.3, -0.25) is 9.59 Å². The molecular formula is C4H5O4S-. The van der Waals surface area contributed by atoms with Crippen LogP contribution >= 0.6 is 0 Å². The van der Waals surface area contributed by atoms with Gasteiger partial charge in [-0.05, 0) is 0 Å². The van der Waals surface area contributed by atoms with Gasteiger partial charge in [-0.15, -0.1) is 0 Å². The zero-order chi connectivity index (χ0) is 7.44. The van der Waals surface area contributed by atoms with E-state index in [2.05, 4.69) is 12.6 Å². The molecule has 4 nitrogen and oxygen atoms in total. The number of rotatable bonds is 3. The molecule has 1 atom stereocenters. The van der Waals surface area contributed by atoms with Crippen LogP contribution in [0.25, 0.3) is 0 Å². The van der Waals surface area contributed by atoms with Gasteiger partial charge in [0.15, 0.2) is 0 Å². The highest BCUT2D eigenvalue weighted by Crippen LogP contribution is 1.91. The lowest BCUT2D eigenvalue weighted by molar-refractivity contribution is -0.142. The van der Waals surface area contributed by atoms with E-state index in [0.717, 1.165) is 0 Å². The van der Waals surface area contributed by atoms with Crippen molar-refractivity contribution < 1.29 is 19.8 Å². The molecule has 0 saturated heterocycles. The van der Waals surface area contributed by atoms with Crippen molar-refractivity contribution in [3.63, 3.8) is 0 Å². The molecule has 52 valence electrons. The Morgan fingerprint density at radius 2 is 1.89 bits per heavy atom. The van der Waals surface area contributed by atoms with Gasteiger partial charge in [-0.1, -0.05) is 5.25 Å². The minimum Gasteiger partial charge on any atom is -0.778 e. The van der Waals surface area contributed by atoms with E-state index >= 15 is 0 Å². The zero-order valence-electron chi connectivity index (χ0n) is 4.40. The summed E-state index contributed by atoms with van der Waals surface area (Å²) in [5.74, 6) is -2.44. The Morgan fingerprint density at radius 1 is 1.44 bits per heavy atom. The SMILES string of the molecule is O=C(O)CC([S-])C(=O)O. The molecule has 5 heteroatoms. The molecule has 0 aromatic rings. The van der Waals surface area contributed by atoms with Gasteiger partial charge in [-0.25, -0.2) is 0 Å². The van der Waals surface area contributed by atoms with Crippen LogP contribution in [0.1, 0.15) is 6.42 Å². The maximum absolute atomic E-state index is 9.87. The van der Waals surface area contributed by atoms with Gasteiger partial charge in [0.05, 0.1) is 0 Å². The average Bonchev–Trinajstić information content (AvgIpc) is 1.63. The third-order valence-corrected chi connectivity index (χ3v) is 1.00. The quantitative estimate of drug-likeness (QED) is 0.527. The molecule has 0 saturated carbocycles. The Kier molecular flexibility index (Phi) is 3.08. The molecule has 0 aliphatic rings. The smallest absolute Gasteiger partial charge is 0.302 e. The van der Waals surface area contributed by atoms with Crippen molar-refractivity contribution in [2.45, 2.75) is 11.7 Å². The molecule has 0 aromatic heterocycles. The van der Waals surface area contributed by atoms with Crippen molar-refractivity contribution in [2.24, 2.45) is 0 Å². The molecule has 0 bridgehead atoms.